The Labute approximate surface area is 175 Å². The van der Waals surface area contributed by atoms with Crippen LogP contribution in [0.2, 0.25) is 0 Å². The highest BCUT2D eigenvalue weighted by molar-refractivity contribution is 7.99. The molecule has 0 spiro atoms. The second kappa shape index (κ2) is 8.62. The van der Waals surface area contributed by atoms with Gasteiger partial charge in [-0.05, 0) is 29.3 Å². The van der Waals surface area contributed by atoms with E-state index in [9.17, 15) is 4.79 Å². The summed E-state index contributed by atoms with van der Waals surface area (Å²) >= 11 is 1.74. The molecule has 1 saturated heterocycles. The molecule has 0 radical (unpaired) electrons. The zero-order chi connectivity index (χ0) is 20.2. The lowest BCUT2D eigenvalue weighted by molar-refractivity contribution is 0.0759. The summed E-state index contributed by atoms with van der Waals surface area (Å²) in [4.78, 5) is 15.2. The number of amides is 1. The van der Waals surface area contributed by atoms with E-state index < -0.39 is 0 Å². The lowest BCUT2D eigenvalue weighted by Crippen LogP contribution is -2.30. The fourth-order valence-electron chi connectivity index (χ4n) is 3.64. The summed E-state index contributed by atoms with van der Waals surface area (Å²) in [5.41, 5.74) is 3.90. The summed E-state index contributed by atoms with van der Waals surface area (Å²) in [6.07, 6.45) is 0. The summed E-state index contributed by atoms with van der Waals surface area (Å²) in [6, 6.07) is 23.8. The monoisotopic (exact) mass is 405 g/mol. The van der Waals surface area contributed by atoms with Crippen molar-refractivity contribution in [1.82, 2.24) is 4.90 Å². The molecule has 0 aliphatic carbocycles. The largest absolute Gasteiger partial charge is 0.493 e. The van der Waals surface area contributed by atoms with Crippen molar-refractivity contribution in [2.75, 3.05) is 26.5 Å². The minimum absolute atomic E-state index is 0.0319. The SMILES string of the molecule is COc1cccc([C@@H]2SCCN2C(=O)c2ccc(-c3ccccc3)cc2)c1OC. The van der Waals surface area contributed by atoms with Crippen molar-refractivity contribution in [1.29, 1.82) is 0 Å². The molecular formula is C24H23NO3S. The maximum atomic E-state index is 13.3. The van der Waals surface area contributed by atoms with Crippen LogP contribution in [0, 0.1) is 0 Å². The number of thioether (sulfide) groups is 1. The molecule has 148 valence electrons. The highest BCUT2D eigenvalue weighted by atomic mass is 32.2. The van der Waals surface area contributed by atoms with Gasteiger partial charge >= 0.3 is 0 Å². The van der Waals surface area contributed by atoms with Crippen LogP contribution in [0.4, 0.5) is 0 Å². The number of hydrogen-bond donors (Lipinski definition) is 0. The number of para-hydroxylation sites is 1. The molecule has 4 nitrogen and oxygen atoms in total. The second-order valence-electron chi connectivity index (χ2n) is 6.75. The van der Waals surface area contributed by atoms with Crippen LogP contribution in [0.3, 0.4) is 0 Å². The Balaban J connectivity index is 1.60. The molecule has 29 heavy (non-hydrogen) atoms. The average Bonchev–Trinajstić information content (AvgIpc) is 3.28. The van der Waals surface area contributed by atoms with Crippen LogP contribution >= 0.6 is 11.8 Å². The number of carbonyl (C=O) groups is 1. The minimum atomic E-state index is -0.0960. The van der Waals surface area contributed by atoms with Crippen LogP contribution in [0.1, 0.15) is 21.3 Å². The molecule has 0 bridgehead atoms. The Morgan fingerprint density at radius 2 is 1.62 bits per heavy atom. The molecule has 0 unspecified atom stereocenters. The number of carbonyl (C=O) groups excluding carboxylic acids is 1. The van der Waals surface area contributed by atoms with E-state index in [-0.39, 0.29) is 11.3 Å². The summed E-state index contributed by atoms with van der Waals surface area (Å²) in [6.45, 7) is 0.703. The smallest absolute Gasteiger partial charge is 0.255 e. The van der Waals surface area contributed by atoms with Crippen LogP contribution < -0.4 is 9.47 Å². The van der Waals surface area contributed by atoms with Gasteiger partial charge in [0.25, 0.3) is 5.91 Å². The number of nitrogens with zero attached hydrogens (tertiary/aromatic N) is 1. The van der Waals surface area contributed by atoms with E-state index in [4.69, 9.17) is 9.47 Å². The predicted octanol–water partition coefficient (Wildman–Crippen LogP) is 5.26. The molecule has 0 saturated carbocycles. The quantitative estimate of drug-likeness (QED) is 0.580. The van der Waals surface area contributed by atoms with Gasteiger partial charge in [-0.3, -0.25) is 4.79 Å². The van der Waals surface area contributed by atoms with Gasteiger partial charge in [0, 0.05) is 23.4 Å². The van der Waals surface area contributed by atoms with Gasteiger partial charge < -0.3 is 14.4 Å². The van der Waals surface area contributed by atoms with Crippen LogP contribution in [0.15, 0.2) is 72.8 Å². The molecule has 1 heterocycles. The first-order valence-corrected chi connectivity index (χ1v) is 10.6. The van der Waals surface area contributed by atoms with Gasteiger partial charge in [-0.25, -0.2) is 0 Å². The van der Waals surface area contributed by atoms with Crippen molar-refractivity contribution in [2.24, 2.45) is 0 Å². The summed E-state index contributed by atoms with van der Waals surface area (Å²) in [7, 11) is 3.26. The fourth-order valence-corrected chi connectivity index (χ4v) is 4.92. The molecule has 0 aromatic heterocycles. The Bertz CT molecular complexity index is 989. The Morgan fingerprint density at radius 3 is 2.31 bits per heavy atom. The molecule has 1 fully saturated rings. The molecule has 1 aliphatic heterocycles. The maximum Gasteiger partial charge on any atom is 0.255 e. The second-order valence-corrected chi connectivity index (χ2v) is 7.94. The number of benzene rings is 3. The van der Waals surface area contributed by atoms with Gasteiger partial charge in [0.2, 0.25) is 0 Å². The molecule has 1 aliphatic rings. The topological polar surface area (TPSA) is 38.8 Å². The van der Waals surface area contributed by atoms with Gasteiger partial charge in [-0.15, -0.1) is 11.8 Å². The molecular weight excluding hydrogens is 382 g/mol. The first-order valence-electron chi connectivity index (χ1n) is 9.52. The summed E-state index contributed by atoms with van der Waals surface area (Å²) < 4.78 is 11.0. The molecule has 3 aromatic rings. The average molecular weight is 406 g/mol. The van der Waals surface area contributed by atoms with Crippen molar-refractivity contribution in [3.05, 3.63) is 83.9 Å². The van der Waals surface area contributed by atoms with Crippen molar-refractivity contribution in [2.45, 2.75) is 5.37 Å². The van der Waals surface area contributed by atoms with Crippen molar-refractivity contribution < 1.29 is 14.3 Å². The number of methoxy groups -OCH3 is 2. The van der Waals surface area contributed by atoms with E-state index in [2.05, 4.69) is 12.1 Å². The Morgan fingerprint density at radius 1 is 0.897 bits per heavy atom. The third-order valence-electron chi connectivity index (χ3n) is 5.09. The van der Waals surface area contributed by atoms with E-state index in [1.165, 1.54) is 0 Å². The zero-order valence-electron chi connectivity index (χ0n) is 16.5. The normalized spacial score (nSPS) is 15.9. The lowest BCUT2D eigenvalue weighted by Gasteiger charge is -2.26. The zero-order valence-corrected chi connectivity index (χ0v) is 17.3. The first kappa shape index (κ1) is 19.4. The standard InChI is InChI=1S/C24H23NO3S/c1-27-21-10-6-9-20(22(21)28-2)24-25(15-16-29-24)23(26)19-13-11-18(12-14-19)17-7-4-3-5-8-17/h3-14,24H,15-16H2,1-2H3/t24-/m0/s1. The van der Waals surface area contributed by atoms with Crippen LogP contribution in [0.5, 0.6) is 11.5 Å². The highest BCUT2D eigenvalue weighted by Crippen LogP contribution is 2.45. The molecule has 4 rings (SSSR count). The van der Waals surface area contributed by atoms with E-state index in [0.717, 1.165) is 22.4 Å². The Hall–Kier alpha value is -2.92. The van der Waals surface area contributed by atoms with Crippen molar-refractivity contribution in [3.63, 3.8) is 0 Å². The van der Waals surface area contributed by atoms with E-state index >= 15 is 0 Å². The minimum Gasteiger partial charge on any atom is -0.493 e. The van der Waals surface area contributed by atoms with E-state index in [1.54, 1.807) is 26.0 Å². The molecule has 1 atom stereocenters. The maximum absolute atomic E-state index is 13.3. The van der Waals surface area contributed by atoms with Crippen LogP contribution in [-0.2, 0) is 0 Å². The van der Waals surface area contributed by atoms with Gasteiger partial charge in [0.15, 0.2) is 11.5 Å². The first-order chi connectivity index (χ1) is 14.2. The number of hydrogen-bond acceptors (Lipinski definition) is 4. The summed E-state index contributed by atoms with van der Waals surface area (Å²) in [5, 5.41) is -0.0960. The van der Waals surface area contributed by atoms with Crippen LogP contribution in [0.25, 0.3) is 11.1 Å². The van der Waals surface area contributed by atoms with Gasteiger partial charge in [-0.2, -0.15) is 0 Å². The summed E-state index contributed by atoms with van der Waals surface area (Å²) in [5.74, 6) is 2.28. The molecule has 5 heteroatoms. The van der Waals surface area contributed by atoms with Crippen LogP contribution in [-0.4, -0.2) is 37.3 Å². The third-order valence-corrected chi connectivity index (χ3v) is 6.33. The number of rotatable bonds is 5. The van der Waals surface area contributed by atoms with Gasteiger partial charge in [-0.1, -0.05) is 54.6 Å². The Kier molecular flexibility index (Phi) is 5.76. The van der Waals surface area contributed by atoms with Gasteiger partial charge in [0.05, 0.1) is 14.2 Å². The van der Waals surface area contributed by atoms with E-state index in [1.807, 2.05) is 65.6 Å². The molecule has 0 N–H and O–H groups in total. The third kappa shape index (κ3) is 3.83. The lowest BCUT2D eigenvalue weighted by atomic mass is 10.0. The number of ether oxygens (including phenoxy) is 2. The molecule has 3 aromatic carbocycles. The predicted molar refractivity (Wildman–Crippen MR) is 118 cm³/mol. The highest BCUT2D eigenvalue weighted by Gasteiger charge is 2.33. The van der Waals surface area contributed by atoms with Gasteiger partial charge in [0.1, 0.15) is 5.37 Å². The van der Waals surface area contributed by atoms with E-state index in [0.29, 0.717) is 23.6 Å². The van der Waals surface area contributed by atoms with Crippen molar-refractivity contribution in [3.8, 4) is 22.6 Å². The molecule has 1 amide bonds. The fraction of sp³-hybridized carbons (Fsp3) is 0.208. The van der Waals surface area contributed by atoms with Crippen molar-refractivity contribution >= 4 is 17.7 Å².